The Morgan fingerprint density at radius 1 is 1.09 bits per heavy atom. The van der Waals surface area contributed by atoms with Gasteiger partial charge >= 0.3 is 57.5 Å². The van der Waals surface area contributed by atoms with E-state index in [1.54, 1.807) is 0 Å². The van der Waals surface area contributed by atoms with Crippen LogP contribution in [0.15, 0.2) is 0 Å². The van der Waals surface area contributed by atoms with Crippen LogP contribution in [0.5, 0.6) is 0 Å². The molecule has 0 atom stereocenters. The number of rotatable bonds is 0. The van der Waals surface area contributed by atoms with E-state index in [0.717, 1.165) is 26.1 Å². The topological polar surface area (TPSA) is 76.0 Å². The van der Waals surface area contributed by atoms with E-state index >= 15 is 0 Å². The van der Waals surface area contributed by atoms with Crippen molar-refractivity contribution >= 4 is 57.5 Å². The summed E-state index contributed by atoms with van der Waals surface area (Å²) in [4.78, 5) is 17.7. The van der Waals surface area contributed by atoms with Crippen molar-refractivity contribution in [1.82, 2.24) is 0 Å². The molecular formula is C5H11KO5. The van der Waals surface area contributed by atoms with Gasteiger partial charge in [-0.3, -0.25) is 0 Å². The Kier molecular flexibility index (Phi) is 14.1. The van der Waals surface area contributed by atoms with Gasteiger partial charge in [0.25, 0.3) is 0 Å². The maximum atomic E-state index is 8.56. The molecule has 0 unspecified atom stereocenters. The Balaban J connectivity index is 0. The zero-order chi connectivity index (χ0) is 7.82. The van der Waals surface area contributed by atoms with Crippen molar-refractivity contribution in [3.8, 4) is 0 Å². The van der Waals surface area contributed by atoms with E-state index in [1.165, 1.54) is 0 Å². The standard InChI is InChI=1S/C4H8O2.CH2O3.K.H/c1-2-4-6-5-3-1;2-1(3)4;;/h1-4H2;(H2,2,3,4);;. The minimum atomic E-state index is -1.83. The Morgan fingerprint density at radius 2 is 1.36 bits per heavy atom. The summed E-state index contributed by atoms with van der Waals surface area (Å²) in [6.45, 7) is 1.56. The molecule has 0 aromatic heterocycles. The van der Waals surface area contributed by atoms with Gasteiger partial charge in [0.15, 0.2) is 0 Å². The molecule has 1 fully saturated rings. The first-order valence-corrected chi connectivity index (χ1v) is 2.90. The first-order chi connectivity index (χ1) is 4.73. The second-order valence-corrected chi connectivity index (χ2v) is 1.63. The molecule has 1 rings (SSSR count). The fraction of sp³-hybridized carbons (Fsp3) is 0.800. The van der Waals surface area contributed by atoms with Gasteiger partial charge in [-0.15, -0.1) is 0 Å². The first-order valence-electron chi connectivity index (χ1n) is 2.90. The summed E-state index contributed by atoms with van der Waals surface area (Å²) in [6, 6.07) is 0. The zero-order valence-corrected chi connectivity index (χ0v) is 5.45. The molecule has 1 saturated heterocycles. The van der Waals surface area contributed by atoms with Gasteiger partial charge in [0.05, 0.1) is 13.2 Å². The molecule has 6 heteroatoms. The van der Waals surface area contributed by atoms with Crippen LogP contribution in [0, 0.1) is 0 Å². The molecule has 2 N–H and O–H groups in total. The predicted molar refractivity (Wildman–Crippen MR) is 38.9 cm³/mol. The monoisotopic (exact) mass is 190 g/mol. The predicted octanol–water partition coefficient (Wildman–Crippen LogP) is 0.302. The molecule has 0 radical (unpaired) electrons. The van der Waals surface area contributed by atoms with Crippen molar-refractivity contribution in [3.63, 3.8) is 0 Å². The summed E-state index contributed by atoms with van der Waals surface area (Å²) in [5.74, 6) is 0. The van der Waals surface area contributed by atoms with Gasteiger partial charge in [-0.25, -0.2) is 14.6 Å². The second kappa shape index (κ2) is 10.8. The van der Waals surface area contributed by atoms with Crippen molar-refractivity contribution in [2.45, 2.75) is 12.8 Å². The third-order valence-electron chi connectivity index (χ3n) is 0.789. The Labute approximate surface area is 107 Å². The van der Waals surface area contributed by atoms with Crippen LogP contribution in [0.4, 0.5) is 4.79 Å². The molecular weight excluding hydrogens is 179 g/mol. The molecule has 11 heavy (non-hydrogen) atoms. The second-order valence-electron chi connectivity index (χ2n) is 1.63. The average Bonchev–Trinajstić information content (AvgIpc) is 1.90. The van der Waals surface area contributed by atoms with Crippen LogP contribution in [0.25, 0.3) is 0 Å². The zero-order valence-electron chi connectivity index (χ0n) is 5.45. The summed E-state index contributed by atoms with van der Waals surface area (Å²) >= 11 is 0. The molecule has 0 saturated carbocycles. The number of carbonyl (C=O) groups is 1. The summed E-state index contributed by atoms with van der Waals surface area (Å²) in [5, 5.41) is 13.9. The average molecular weight is 190 g/mol. The van der Waals surface area contributed by atoms with Crippen molar-refractivity contribution in [2.24, 2.45) is 0 Å². The van der Waals surface area contributed by atoms with Crippen molar-refractivity contribution < 1.29 is 24.8 Å². The normalized spacial score (nSPS) is 15.3. The SMILES string of the molecule is C1CCOOC1.O=C(O)O.[KH]. The summed E-state index contributed by atoms with van der Waals surface area (Å²) in [6.07, 6.45) is 0.472. The van der Waals surface area contributed by atoms with Crippen LogP contribution in [-0.4, -0.2) is 81.0 Å². The molecule has 1 aliphatic heterocycles. The maximum absolute atomic E-state index is 8.56. The molecule has 5 nitrogen and oxygen atoms in total. The van der Waals surface area contributed by atoms with Crippen molar-refractivity contribution in [3.05, 3.63) is 0 Å². The van der Waals surface area contributed by atoms with Crippen LogP contribution in [-0.2, 0) is 9.78 Å². The number of hydrogen-bond donors (Lipinski definition) is 2. The van der Waals surface area contributed by atoms with E-state index in [2.05, 4.69) is 9.78 Å². The summed E-state index contributed by atoms with van der Waals surface area (Å²) in [7, 11) is 0. The van der Waals surface area contributed by atoms with Crippen LogP contribution in [0.3, 0.4) is 0 Å². The van der Waals surface area contributed by atoms with Crippen LogP contribution in [0.2, 0.25) is 0 Å². The van der Waals surface area contributed by atoms with E-state index in [9.17, 15) is 0 Å². The first kappa shape index (κ1) is 14.4. The molecule has 0 aliphatic carbocycles. The third kappa shape index (κ3) is 18.1. The fourth-order valence-corrected chi connectivity index (χ4v) is 0.440. The van der Waals surface area contributed by atoms with E-state index < -0.39 is 6.16 Å². The van der Waals surface area contributed by atoms with Crippen molar-refractivity contribution in [2.75, 3.05) is 13.2 Å². The van der Waals surface area contributed by atoms with Crippen LogP contribution in [0.1, 0.15) is 12.8 Å². The third-order valence-corrected chi connectivity index (χ3v) is 0.789. The molecule has 1 heterocycles. The van der Waals surface area contributed by atoms with Gasteiger partial charge in [-0.05, 0) is 12.8 Å². The van der Waals surface area contributed by atoms with Crippen LogP contribution < -0.4 is 0 Å². The number of hydrogen-bond acceptors (Lipinski definition) is 3. The van der Waals surface area contributed by atoms with E-state index in [1.807, 2.05) is 0 Å². The van der Waals surface area contributed by atoms with Crippen LogP contribution >= 0.6 is 0 Å². The molecule has 0 aromatic carbocycles. The van der Waals surface area contributed by atoms with E-state index in [-0.39, 0.29) is 51.4 Å². The van der Waals surface area contributed by atoms with Crippen molar-refractivity contribution in [1.29, 1.82) is 0 Å². The minimum absolute atomic E-state index is 0. The van der Waals surface area contributed by atoms with Gasteiger partial charge in [-0.1, -0.05) is 0 Å². The Hall–Kier alpha value is 0.826. The summed E-state index contributed by atoms with van der Waals surface area (Å²) in [5.41, 5.74) is 0. The molecule has 0 bridgehead atoms. The van der Waals surface area contributed by atoms with E-state index in [4.69, 9.17) is 15.0 Å². The molecule has 0 aromatic rings. The summed E-state index contributed by atoms with van der Waals surface area (Å²) < 4.78 is 0. The quantitative estimate of drug-likeness (QED) is 0.424. The van der Waals surface area contributed by atoms with Gasteiger partial charge in [-0.2, -0.15) is 0 Å². The van der Waals surface area contributed by atoms with E-state index in [0.29, 0.717) is 0 Å². The molecule has 62 valence electrons. The van der Waals surface area contributed by atoms with Gasteiger partial charge in [0, 0.05) is 0 Å². The van der Waals surface area contributed by atoms with Gasteiger partial charge < -0.3 is 10.2 Å². The Bertz CT molecular complexity index is 77.4. The molecule has 1 aliphatic rings. The number of carboxylic acid groups (broad SMARTS) is 2. The fourth-order valence-electron chi connectivity index (χ4n) is 0.440. The Morgan fingerprint density at radius 3 is 1.45 bits per heavy atom. The molecule has 0 spiro atoms. The van der Waals surface area contributed by atoms with Gasteiger partial charge in [0.1, 0.15) is 0 Å². The molecule has 0 amide bonds. The van der Waals surface area contributed by atoms with Gasteiger partial charge in [0.2, 0.25) is 0 Å².